The molecule has 0 spiro atoms. The minimum Gasteiger partial charge on any atom is -2.00 e. The van der Waals surface area contributed by atoms with Gasteiger partial charge in [-0.15, -0.1) is 0 Å². The van der Waals surface area contributed by atoms with Gasteiger partial charge in [0, 0.05) is 0 Å². The van der Waals surface area contributed by atoms with Crippen LogP contribution < -0.4 is 3.87 Å². The Morgan fingerprint density at radius 3 is 2.07 bits per heavy atom. The Morgan fingerprint density at radius 1 is 0.926 bits per heavy atom. The fourth-order valence-electron chi connectivity index (χ4n) is 3.35. The number of rotatable bonds is 4. The predicted octanol–water partition coefficient (Wildman–Crippen LogP) is 5.37. The molecule has 0 radical (unpaired) electrons. The number of nitrogens with one attached hydrogen (secondary N) is 1. The van der Waals surface area contributed by atoms with E-state index in [1.807, 2.05) is 6.07 Å². The van der Waals surface area contributed by atoms with Gasteiger partial charge in [-0.25, -0.2) is 0 Å². The van der Waals surface area contributed by atoms with Crippen LogP contribution in [0.15, 0.2) is 48.5 Å². The molecule has 0 saturated heterocycles. The molecule has 0 atom stereocenters. The first kappa shape index (κ1) is 25.3. The van der Waals surface area contributed by atoms with E-state index in [4.69, 9.17) is 5.11 Å². The first-order valence-electron chi connectivity index (χ1n) is 9.09. The average molecular weight is 409 g/mol. The van der Waals surface area contributed by atoms with Gasteiger partial charge in [-0.3, -0.25) is 0 Å². The summed E-state index contributed by atoms with van der Waals surface area (Å²) >= 11 is -3.18. The van der Waals surface area contributed by atoms with Crippen molar-refractivity contribution in [3.05, 3.63) is 48.5 Å². The molecule has 0 saturated carbocycles. The number of hydrogen-bond acceptors (Lipinski definition) is 3. The average Bonchev–Trinajstić information content (AvgIpc) is 3.02. The normalized spacial score (nSPS) is 10.6. The number of aromatic amines is 1. The van der Waals surface area contributed by atoms with Crippen LogP contribution in [0.3, 0.4) is 0 Å². The summed E-state index contributed by atoms with van der Waals surface area (Å²) in [6, 6.07) is 15.2. The Hall–Kier alpha value is -1.73. The molecule has 0 aliphatic rings. The second kappa shape index (κ2) is 8.52. The van der Waals surface area contributed by atoms with E-state index in [-0.39, 0.29) is 11.0 Å². The first-order chi connectivity index (χ1) is 11.6. The maximum atomic E-state index is 8.63. The summed E-state index contributed by atoms with van der Waals surface area (Å²) in [5, 5.41) is 30.0. The summed E-state index contributed by atoms with van der Waals surface area (Å²) in [6.07, 6.45) is 2.54. The van der Waals surface area contributed by atoms with Crippen molar-refractivity contribution in [2.75, 3.05) is 0 Å². The van der Waals surface area contributed by atoms with Crippen molar-refractivity contribution in [2.45, 2.75) is 45.4 Å². The van der Waals surface area contributed by atoms with Crippen LogP contribution in [-0.4, -0.2) is 20.5 Å². The maximum Gasteiger partial charge on any atom is 0.115 e. The number of unbranched alkanes of at least 4 members (excludes halogenated alkanes) is 1. The molecule has 148 valence electrons. The SMILES string of the molecule is CCC[CH2][Ti+4]([CH3])([CH3])([CH3])([CH3])[c]1cccc2[nH]nnc12.Oc1ccccc1.[O-2].[O-2]. The molecule has 27 heavy (non-hydrogen) atoms. The summed E-state index contributed by atoms with van der Waals surface area (Å²) in [5.41, 5.74) is 2.14. The fraction of sp³-hybridized carbons (Fsp3) is 0.400. The van der Waals surface area contributed by atoms with Crippen molar-refractivity contribution in [1.29, 1.82) is 0 Å². The van der Waals surface area contributed by atoms with Crippen molar-refractivity contribution in [2.24, 2.45) is 0 Å². The van der Waals surface area contributed by atoms with Gasteiger partial charge in [-0.1, -0.05) is 18.2 Å². The number of nitrogens with zero attached hydrogens (tertiary/aromatic N) is 2. The number of phenolic OH excluding ortho intramolecular Hbond substituents is 1. The molecule has 0 bridgehead atoms. The van der Waals surface area contributed by atoms with Gasteiger partial charge >= 0.3 is 108 Å². The van der Waals surface area contributed by atoms with E-state index in [2.05, 4.69) is 61.4 Å². The Kier molecular flexibility index (Phi) is 7.98. The summed E-state index contributed by atoms with van der Waals surface area (Å²) < 4.78 is 2.76. The minimum atomic E-state index is -3.18. The van der Waals surface area contributed by atoms with E-state index >= 15 is 0 Å². The van der Waals surface area contributed by atoms with Crippen LogP contribution in [0.4, 0.5) is 0 Å². The molecule has 0 unspecified atom stereocenters. The molecular weight excluding hydrogens is 378 g/mol. The Bertz CT molecular complexity index is 842. The van der Waals surface area contributed by atoms with Gasteiger partial charge in [0.05, 0.1) is 0 Å². The third kappa shape index (κ3) is 6.43. The molecule has 0 aliphatic carbocycles. The molecule has 6 nitrogen and oxygen atoms in total. The van der Waals surface area contributed by atoms with Crippen molar-refractivity contribution in [1.82, 2.24) is 15.4 Å². The zero-order valence-corrected chi connectivity index (χ0v) is 18.5. The summed E-state index contributed by atoms with van der Waals surface area (Å²) in [7, 11) is 0. The number of fused-ring (bicyclic) bond motifs is 1. The van der Waals surface area contributed by atoms with E-state index in [1.165, 1.54) is 21.4 Å². The van der Waals surface area contributed by atoms with Gasteiger partial charge in [0.25, 0.3) is 0 Å². The number of benzene rings is 2. The molecule has 0 fully saturated rings. The van der Waals surface area contributed by atoms with E-state index in [9.17, 15) is 0 Å². The van der Waals surface area contributed by atoms with Crippen LogP contribution in [0.25, 0.3) is 11.0 Å². The number of hydrogen-bond donors (Lipinski definition) is 2. The number of para-hydroxylation sites is 1. The van der Waals surface area contributed by atoms with Crippen molar-refractivity contribution in [3.8, 4) is 5.75 Å². The molecule has 3 rings (SSSR count). The second-order valence-corrected chi connectivity index (χ2v) is 29.1. The Morgan fingerprint density at radius 2 is 1.56 bits per heavy atom. The van der Waals surface area contributed by atoms with Crippen molar-refractivity contribution >= 4 is 14.9 Å². The van der Waals surface area contributed by atoms with Crippen molar-refractivity contribution < 1.29 is 30.1 Å². The third-order valence-electron chi connectivity index (χ3n) is 5.04. The van der Waals surface area contributed by atoms with E-state index in [0.717, 1.165) is 11.0 Å². The van der Waals surface area contributed by atoms with Gasteiger partial charge in [0.1, 0.15) is 5.75 Å². The van der Waals surface area contributed by atoms with E-state index in [1.54, 1.807) is 24.3 Å². The Balaban J connectivity index is 0.000000640. The summed E-state index contributed by atoms with van der Waals surface area (Å²) in [4.78, 5) is 0. The monoisotopic (exact) mass is 409 g/mol. The second-order valence-electron chi connectivity index (χ2n) is 10.0. The molecule has 3 aromatic rings. The number of H-pyrrole nitrogens is 1. The van der Waals surface area contributed by atoms with Gasteiger partial charge in [-0.2, -0.15) is 0 Å². The first-order valence-corrected chi connectivity index (χ1v) is 17.2. The van der Waals surface area contributed by atoms with Gasteiger partial charge in [0.2, 0.25) is 0 Å². The number of aromatic hydroxyl groups is 1. The largest absolute Gasteiger partial charge is 2.00 e. The van der Waals surface area contributed by atoms with Crippen LogP contribution >= 0.6 is 0 Å². The molecule has 0 aliphatic heterocycles. The van der Waals surface area contributed by atoms with Crippen LogP contribution in [0.1, 0.15) is 19.8 Å². The van der Waals surface area contributed by atoms with Gasteiger partial charge < -0.3 is 16.1 Å². The van der Waals surface area contributed by atoms with E-state index in [0.29, 0.717) is 5.75 Å². The number of aromatic nitrogens is 3. The maximum absolute atomic E-state index is 8.63. The van der Waals surface area contributed by atoms with Crippen LogP contribution in [0, 0.1) is 0 Å². The molecule has 7 heteroatoms. The Labute approximate surface area is 160 Å². The van der Waals surface area contributed by atoms with Gasteiger partial charge in [-0.05, 0) is 12.1 Å². The summed E-state index contributed by atoms with van der Waals surface area (Å²) in [5.74, 6) is 0.322. The van der Waals surface area contributed by atoms with Gasteiger partial charge in [0.15, 0.2) is 0 Å². The quantitative estimate of drug-likeness (QED) is 0.563. The van der Waals surface area contributed by atoms with Crippen LogP contribution in [-0.2, 0) is 25.0 Å². The minimum absolute atomic E-state index is 0. The zero-order chi connectivity index (χ0) is 18.6. The fourth-order valence-corrected chi connectivity index (χ4v) is 10.2. The molecule has 2 N–H and O–H groups in total. The standard InChI is InChI=1S/C6H4N3.C6H6O.C4H9.4CH3.2O.Ti/c1-2-4-6-5(3-1)7-9-8-6;7-6-4-2-1-3-5-6;1-3-4-2;;;;;;;/h1-3H,(H,7,8,9);1-5,7H;1,3-4H2,2H3;4*1H3;;;/q;;;;;;;2*-2;+4. The molecule has 2 aromatic carbocycles. The van der Waals surface area contributed by atoms with Crippen LogP contribution in [0.5, 0.6) is 5.75 Å². The van der Waals surface area contributed by atoms with Crippen molar-refractivity contribution in [3.63, 3.8) is 0 Å². The molecule has 1 heterocycles. The molecular formula is C20H31N3O3Ti. The predicted molar refractivity (Wildman–Crippen MR) is 106 cm³/mol. The summed E-state index contributed by atoms with van der Waals surface area (Å²) in [6.45, 7) is 2.27. The topological polar surface area (TPSA) is 119 Å². The number of phenols is 1. The van der Waals surface area contributed by atoms with Crippen LogP contribution in [0.2, 0.25) is 25.6 Å². The zero-order valence-electron chi connectivity index (χ0n) is 16.9. The van der Waals surface area contributed by atoms with E-state index < -0.39 is 14.0 Å². The molecule has 1 aromatic heterocycles. The third-order valence-corrected chi connectivity index (χ3v) is 13.7. The smallest absolute Gasteiger partial charge is 0.115 e. The molecule has 0 amide bonds.